The highest BCUT2D eigenvalue weighted by Gasteiger charge is 2.23. The summed E-state index contributed by atoms with van der Waals surface area (Å²) in [6, 6.07) is 5.86. The molecule has 100 valence electrons. The van der Waals surface area contributed by atoms with Crippen LogP contribution in [0.15, 0.2) is 34.2 Å². The van der Waals surface area contributed by atoms with Crippen molar-refractivity contribution in [1.82, 2.24) is 0 Å². The lowest BCUT2D eigenvalue weighted by Gasteiger charge is -2.18. The van der Waals surface area contributed by atoms with E-state index in [0.717, 1.165) is 21.3 Å². The van der Waals surface area contributed by atoms with Crippen LogP contribution in [0, 0.1) is 0 Å². The van der Waals surface area contributed by atoms with Crippen LogP contribution in [0.2, 0.25) is 0 Å². The second kappa shape index (κ2) is 5.09. The third kappa shape index (κ3) is 2.66. The summed E-state index contributed by atoms with van der Waals surface area (Å²) >= 11 is 1.56. The summed E-state index contributed by atoms with van der Waals surface area (Å²) < 4.78 is 0. The SMILES string of the molecule is CC(=O)/C=C1\Sc2ccc(N(C)C(C)=O)cc2N1C. The molecule has 0 radical (unpaired) electrons. The highest BCUT2D eigenvalue weighted by molar-refractivity contribution is 8.03. The maximum absolute atomic E-state index is 11.4. The van der Waals surface area contributed by atoms with Crippen LogP contribution in [-0.2, 0) is 9.59 Å². The maximum atomic E-state index is 11.4. The van der Waals surface area contributed by atoms with Crippen molar-refractivity contribution in [2.24, 2.45) is 0 Å². The van der Waals surface area contributed by atoms with Crippen molar-refractivity contribution in [3.8, 4) is 0 Å². The van der Waals surface area contributed by atoms with Gasteiger partial charge in [-0.3, -0.25) is 9.59 Å². The predicted molar refractivity (Wildman–Crippen MR) is 78.6 cm³/mol. The average Bonchev–Trinajstić information content (AvgIpc) is 2.64. The fraction of sp³-hybridized carbons (Fsp3) is 0.286. The number of carbonyl (C=O) groups is 2. The van der Waals surface area contributed by atoms with Crippen LogP contribution in [0.5, 0.6) is 0 Å². The molecule has 0 saturated carbocycles. The quantitative estimate of drug-likeness (QED) is 0.779. The Morgan fingerprint density at radius 3 is 2.58 bits per heavy atom. The number of amides is 1. The zero-order valence-electron chi connectivity index (χ0n) is 11.4. The average molecular weight is 276 g/mol. The highest BCUT2D eigenvalue weighted by Crippen LogP contribution is 2.46. The second-order valence-electron chi connectivity index (χ2n) is 4.48. The van der Waals surface area contributed by atoms with E-state index in [2.05, 4.69) is 0 Å². The molecule has 0 N–H and O–H groups in total. The first-order valence-corrected chi connectivity index (χ1v) is 6.74. The Balaban J connectivity index is 2.37. The van der Waals surface area contributed by atoms with Gasteiger partial charge in [0, 0.05) is 37.7 Å². The molecule has 0 aliphatic carbocycles. The molecule has 1 heterocycles. The number of thioether (sulfide) groups is 1. The van der Waals surface area contributed by atoms with Crippen molar-refractivity contribution in [2.75, 3.05) is 23.9 Å². The van der Waals surface area contributed by atoms with Gasteiger partial charge in [0.2, 0.25) is 5.91 Å². The van der Waals surface area contributed by atoms with Crippen LogP contribution in [0.1, 0.15) is 13.8 Å². The number of anilines is 2. The number of benzene rings is 1. The van der Waals surface area contributed by atoms with Crippen molar-refractivity contribution in [3.63, 3.8) is 0 Å². The van der Waals surface area contributed by atoms with E-state index in [0.29, 0.717) is 0 Å². The van der Waals surface area contributed by atoms with E-state index in [1.54, 1.807) is 36.7 Å². The summed E-state index contributed by atoms with van der Waals surface area (Å²) in [6.07, 6.45) is 1.62. The molecule has 1 aliphatic heterocycles. The first-order valence-electron chi connectivity index (χ1n) is 5.92. The van der Waals surface area contributed by atoms with Crippen LogP contribution < -0.4 is 9.80 Å². The molecule has 1 aromatic rings. The Labute approximate surface area is 117 Å². The fourth-order valence-corrected chi connectivity index (χ4v) is 2.97. The summed E-state index contributed by atoms with van der Waals surface area (Å²) in [4.78, 5) is 27.2. The van der Waals surface area contributed by atoms with Gasteiger partial charge in [0.1, 0.15) is 0 Å². The Morgan fingerprint density at radius 2 is 2.00 bits per heavy atom. The van der Waals surface area contributed by atoms with Crippen LogP contribution in [-0.4, -0.2) is 25.8 Å². The van der Waals surface area contributed by atoms with Gasteiger partial charge in [-0.05, 0) is 25.1 Å². The number of allylic oxidation sites excluding steroid dienone is 1. The van der Waals surface area contributed by atoms with Gasteiger partial charge < -0.3 is 9.80 Å². The molecule has 1 aliphatic rings. The smallest absolute Gasteiger partial charge is 0.223 e. The van der Waals surface area contributed by atoms with Crippen LogP contribution in [0.25, 0.3) is 0 Å². The molecule has 0 unspecified atom stereocenters. The van der Waals surface area contributed by atoms with E-state index >= 15 is 0 Å². The second-order valence-corrected chi connectivity index (χ2v) is 5.55. The number of rotatable bonds is 2. The zero-order chi connectivity index (χ0) is 14.2. The van der Waals surface area contributed by atoms with Gasteiger partial charge in [-0.25, -0.2) is 0 Å². The van der Waals surface area contributed by atoms with Crippen molar-refractivity contribution in [2.45, 2.75) is 18.7 Å². The normalized spacial score (nSPS) is 15.6. The number of hydrogen-bond donors (Lipinski definition) is 0. The Kier molecular flexibility index (Phi) is 3.66. The molecule has 0 aromatic heterocycles. The summed E-state index contributed by atoms with van der Waals surface area (Å²) in [7, 11) is 3.67. The summed E-state index contributed by atoms with van der Waals surface area (Å²) in [5, 5.41) is 0.908. The molecule has 0 bridgehead atoms. The minimum Gasteiger partial charge on any atom is -0.338 e. The minimum absolute atomic E-state index is 0.00671. The van der Waals surface area contributed by atoms with Crippen molar-refractivity contribution < 1.29 is 9.59 Å². The summed E-state index contributed by atoms with van der Waals surface area (Å²) in [5.74, 6) is 0.0241. The molecule has 19 heavy (non-hydrogen) atoms. The van der Waals surface area contributed by atoms with E-state index in [4.69, 9.17) is 0 Å². The van der Waals surface area contributed by atoms with Gasteiger partial charge >= 0.3 is 0 Å². The number of ketones is 1. The van der Waals surface area contributed by atoms with E-state index in [1.165, 1.54) is 6.92 Å². The molecule has 2 rings (SSSR count). The zero-order valence-corrected chi connectivity index (χ0v) is 12.2. The minimum atomic E-state index is -0.00671. The van der Waals surface area contributed by atoms with E-state index < -0.39 is 0 Å². The number of nitrogens with zero attached hydrogens (tertiary/aromatic N) is 2. The lowest BCUT2D eigenvalue weighted by Crippen LogP contribution is -2.23. The topological polar surface area (TPSA) is 40.6 Å². The van der Waals surface area contributed by atoms with E-state index in [1.807, 2.05) is 30.1 Å². The van der Waals surface area contributed by atoms with Gasteiger partial charge in [0.25, 0.3) is 0 Å². The van der Waals surface area contributed by atoms with Crippen LogP contribution in [0.3, 0.4) is 0 Å². The molecule has 0 saturated heterocycles. The Bertz CT molecular complexity index is 581. The summed E-state index contributed by atoms with van der Waals surface area (Å²) in [5.41, 5.74) is 1.87. The van der Waals surface area contributed by atoms with Gasteiger partial charge in [-0.1, -0.05) is 11.8 Å². The lowest BCUT2D eigenvalue weighted by atomic mass is 10.2. The van der Waals surface area contributed by atoms with Gasteiger partial charge in [0.05, 0.1) is 10.7 Å². The molecule has 1 amide bonds. The molecular formula is C14H16N2O2S. The van der Waals surface area contributed by atoms with Crippen LogP contribution in [0.4, 0.5) is 11.4 Å². The first kappa shape index (κ1) is 13.7. The maximum Gasteiger partial charge on any atom is 0.223 e. The van der Waals surface area contributed by atoms with Crippen molar-refractivity contribution in [1.29, 1.82) is 0 Å². The van der Waals surface area contributed by atoms with Crippen LogP contribution >= 0.6 is 11.8 Å². The lowest BCUT2D eigenvalue weighted by molar-refractivity contribution is -0.116. The Hall–Kier alpha value is -1.75. The standard InChI is InChI=1S/C14H16N2O2S/c1-9(17)7-14-16(4)12-8-11(15(3)10(2)18)5-6-13(12)19-14/h5-8H,1-4H3/b14-7-. The predicted octanol–water partition coefficient (Wildman–Crippen LogP) is 2.64. The number of fused-ring (bicyclic) bond motifs is 1. The molecule has 4 nitrogen and oxygen atoms in total. The number of carbonyl (C=O) groups excluding carboxylic acids is 2. The van der Waals surface area contributed by atoms with E-state index in [-0.39, 0.29) is 11.7 Å². The monoisotopic (exact) mass is 276 g/mol. The first-order chi connectivity index (χ1) is 8.90. The molecular weight excluding hydrogens is 260 g/mol. The largest absolute Gasteiger partial charge is 0.338 e. The van der Waals surface area contributed by atoms with Gasteiger partial charge in [-0.15, -0.1) is 0 Å². The van der Waals surface area contributed by atoms with Crippen molar-refractivity contribution >= 4 is 34.8 Å². The third-order valence-corrected chi connectivity index (χ3v) is 4.20. The molecule has 0 spiro atoms. The fourth-order valence-electron chi connectivity index (χ4n) is 1.84. The number of hydrogen-bond acceptors (Lipinski definition) is 4. The third-order valence-electron chi connectivity index (χ3n) is 3.04. The molecule has 5 heteroatoms. The molecule has 1 aromatic carbocycles. The molecule has 0 fully saturated rings. The van der Waals surface area contributed by atoms with Gasteiger partial charge in [-0.2, -0.15) is 0 Å². The summed E-state index contributed by atoms with van der Waals surface area (Å²) in [6.45, 7) is 3.08. The van der Waals surface area contributed by atoms with Gasteiger partial charge in [0.15, 0.2) is 5.78 Å². The van der Waals surface area contributed by atoms with Crippen molar-refractivity contribution in [3.05, 3.63) is 29.3 Å². The highest BCUT2D eigenvalue weighted by atomic mass is 32.2. The Morgan fingerprint density at radius 1 is 1.32 bits per heavy atom. The van der Waals surface area contributed by atoms with E-state index in [9.17, 15) is 9.59 Å². The molecule has 0 atom stereocenters.